The Morgan fingerprint density at radius 1 is 0.694 bits per heavy atom. The zero-order chi connectivity index (χ0) is 32.7. The van der Waals surface area contributed by atoms with E-state index in [1.165, 1.54) is 66.0 Å². The molecule has 2 aliphatic carbocycles. The van der Waals surface area contributed by atoms with Crippen LogP contribution < -0.4 is 5.32 Å². The number of hydrogen-bond donors (Lipinski definition) is 1. The Morgan fingerprint density at radius 2 is 1.39 bits per heavy atom. The molecule has 0 spiro atoms. The number of allylic oxidation sites excluding steroid dienone is 8. The van der Waals surface area contributed by atoms with Gasteiger partial charge in [-0.3, -0.25) is 4.99 Å². The molecule has 2 aliphatic rings. The van der Waals surface area contributed by atoms with Crippen LogP contribution in [-0.4, -0.2) is 21.9 Å². The summed E-state index contributed by atoms with van der Waals surface area (Å²) in [7, 11) is 1.91. The van der Waals surface area contributed by atoms with Crippen LogP contribution in [0.2, 0.25) is 0 Å². The van der Waals surface area contributed by atoms with Crippen molar-refractivity contribution in [3.63, 3.8) is 0 Å². The third-order valence-corrected chi connectivity index (χ3v) is 10.3. The second-order valence-corrected chi connectivity index (χ2v) is 13.0. The summed E-state index contributed by atoms with van der Waals surface area (Å²) in [5.74, 6) is 0. The molecule has 5 aromatic carbocycles. The van der Waals surface area contributed by atoms with Crippen molar-refractivity contribution in [3.05, 3.63) is 169 Å². The minimum Gasteiger partial charge on any atom is -0.370 e. The molecular weight excluding hydrogens is 597 g/mol. The number of hydrogen-bond acceptors (Lipinski definition) is 2. The fraction of sp³-hybridized carbons (Fsp3) is 0.133. The smallest absolute Gasteiger partial charge is 0.0924 e. The third-order valence-electron chi connectivity index (χ3n) is 10.3. The summed E-state index contributed by atoms with van der Waals surface area (Å²) in [6.45, 7) is 0.654. The summed E-state index contributed by atoms with van der Waals surface area (Å²) in [5.41, 5.74) is 12.1. The number of aliphatic imine (C=N–C) groups is 1. The minimum absolute atomic E-state index is 0.256. The third kappa shape index (κ3) is 4.95. The van der Waals surface area contributed by atoms with Crippen LogP contribution in [0.15, 0.2) is 168 Å². The molecule has 2 aromatic heterocycles. The molecule has 0 radical (unpaired) electrons. The highest BCUT2D eigenvalue weighted by Crippen LogP contribution is 2.41. The number of fused-ring (bicyclic) bond motifs is 7. The van der Waals surface area contributed by atoms with Crippen molar-refractivity contribution in [2.24, 2.45) is 4.99 Å². The fourth-order valence-electron chi connectivity index (χ4n) is 7.99. The van der Waals surface area contributed by atoms with E-state index >= 15 is 0 Å². The number of nitrogens with zero attached hydrogens (tertiary/aromatic N) is 3. The molecule has 1 N–H and O–H groups in total. The Bertz CT molecular complexity index is 2520. The van der Waals surface area contributed by atoms with Crippen molar-refractivity contribution in [1.82, 2.24) is 14.5 Å². The average Bonchev–Trinajstić information content (AvgIpc) is 3.68. The van der Waals surface area contributed by atoms with Crippen molar-refractivity contribution in [3.8, 4) is 11.1 Å². The van der Waals surface area contributed by atoms with Crippen molar-refractivity contribution in [1.29, 1.82) is 0 Å². The first-order valence-corrected chi connectivity index (χ1v) is 17.3. The monoisotopic (exact) mass is 634 g/mol. The van der Waals surface area contributed by atoms with Gasteiger partial charge in [0.2, 0.25) is 0 Å². The molecule has 4 heteroatoms. The molecule has 4 nitrogen and oxygen atoms in total. The van der Waals surface area contributed by atoms with Gasteiger partial charge >= 0.3 is 0 Å². The standard InChI is InChI=1S/C45H38N4/c1-46-43(33-26-24-32(25-27-33)31-14-4-2-5-15-31)39-20-8-11-21-40(39)47-30-48-41-22-12-9-18-35(41)37-28-29-38-36-19-10-13-23-42(36)49(45(38)44(37)48)34-16-6-3-7-17-34/h2-10,12-16,18-20,22-29,34,47H,11,17,21,30H2,1H3. The van der Waals surface area contributed by atoms with E-state index in [-0.39, 0.29) is 6.04 Å². The second kappa shape index (κ2) is 12.3. The largest absolute Gasteiger partial charge is 0.370 e. The predicted octanol–water partition coefficient (Wildman–Crippen LogP) is 10.9. The Hall–Kier alpha value is -5.87. The lowest BCUT2D eigenvalue weighted by Crippen LogP contribution is -2.23. The van der Waals surface area contributed by atoms with Crippen molar-refractivity contribution in [2.75, 3.05) is 7.05 Å². The number of nitrogens with one attached hydrogen (secondary N) is 1. The molecule has 49 heavy (non-hydrogen) atoms. The maximum absolute atomic E-state index is 4.85. The number of benzene rings is 5. The van der Waals surface area contributed by atoms with Gasteiger partial charge in [0.05, 0.1) is 35.0 Å². The van der Waals surface area contributed by atoms with Gasteiger partial charge in [-0.1, -0.05) is 140 Å². The highest BCUT2D eigenvalue weighted by atomic mass is 15.1. The normalized spacial score (nSPS) is 16.5. The van der Waals surface area contributed by atoms with Crippen molar-refractivity contribution in [2.45, 2.75) is 32.0 Å². The van der Waals surface area contributed by atoms with E-state index in [1.54, 1.807) is 0 Å². The van der Waals surface area contributed by atoms with E-state index in [1.807, 2.05) is 7.05 Å². The van der Waals surface area contributed by atoms with Gasteiger partial charge in [-0.25, -0.2) is 0 Å². The highest BCUT2D eigenvalue weighted by molar-refractivity contribution is 6.22. The molecule has 0 amide bonds. The Balaban J connectivity index is 1.17. The second-order valence-electron chi connectivity index (χ2n) is 13.0. The van der Waals surface area contributed by atoms with Gasteiger partial charge in [0.25, 0.3) is 0 Å². The van der Waals surface area contributed by atoms with Crippen LogP contribution >= 0.6 is 0 Å². The van der Waals surface area contributed by atoms with Crippen molar-refractivity contribution < 1.29 is 0 Å². The molecule has 1 atom stereocenters. The maximum atomic E-state index is 4.85. The molecule has 0 fully saturated rings. The number of rotatable bonds is 7. The molecule has 7 aromatic rings. The molecule has 0 bridgehead atoms. The maximum Gasteiger partial charge on any atom is 0.0924 e. The average molecular weight is 635 g/mol. The predicted molar refractivity (Wildman–Crippen MR) is 207 cm³/mol. The SMILES string of the molecule is CN=C(C1=C(NCn2c3ccccc3c3ccc4c5ccccc5n(C5C=CC=CC5)c4c32)CCC=C1)c1ccc(-c2ccccc2)cc1. The molecule has 0 aliphatic heterocycles. The summed E-state index contributed by atoms with van der Waals surface area (Å²) in [5, 5.41) is 9.13. The van der Waals surface area contributed by atoms with Gasteiger partial charge in [-0.15, -0.1) is 0 Å². The van der Waals surface area contributed by atoms with Gasteiger partial charge in [-0.2, -0.15) is 0 Å². The van der Waals surface area contributed by atoms with E-state index in [2.05, 4.69) is 166 Å². The van der Waals surface area contributed by atoms with Gasteiger partial charge in [0.15, 0.2) is 0 Å². The summed E-state index contributed by atoms with van der Waals surface area (Å²) in [4.78, 5) is 4.85. The molecule has 1 unspecified atom stereocenters. The van der Waals surface area contributed by atoms with Crippen molar-refractivity contribution >= 4 is 49.3 Å². The van der Waals surface area contributed by atoms with Crippen LogP contribution in [0, 0.1) is 0 Å². The Labute approximate surface area is 286 Å². The van der Waals surface area contributed by atoms with Gasteiger partial charge < -0.3 is 14.5 Å². The molecular formula is C45H38N4. The number of para-hydroxylation sites is 2. The Morgan fingerprint density at radius 3 is 2.14 bits per heavy atom. The van der Waals surface area contributed by atoms with Crippen LogP contribution in [0.1, 0.15) is 30.9 Å². The highest BCUT2D eigenvalue weighted by Gasteiger charge is 2.23. The fourth-order valence-corrected chi connectivity index (χ4v) is 7.99. The molecule has 9 rings (SSSR count). The zero-order valence-corrected chi connectivity index (χ0v) is 27.7. The van der Waals surface area contributed by atoms with Gasteiger partial charge in [0.1, 0.15) is 0 Å². The molecule has 0 saturated heterocycles. The van der Waals surface area contributed by atoms with E-state index in [4.69, 9.17) is 4.99 Å². The summed E-state index contributed by atoms with van der Waals surface area (Å²) >= 11 is 0. The van der Waals surface area contributed by atoms with Crippen LogP contribution in [0.25, 0.3) is 54.7 Å². The first-order valence-electron chi connectivity index (χ1n) is 17.3. The van der Waals surface area contributed by atoms with Gasteiger partial charge in [-0.05, 0) is 42.5 Å². The topological polar surface area (TPSA) is 34.2 Å². The van der Waals surface area contributed by atoms with E-state index in [9.17, 15) is 0 Å². The minimum atomic E-state index is 0.256. The Kier molecular flexibility index (Phi) is 7.35. The lowest BCUT2D eigenvalue weighted by Gasteiger charge is -2.22. The summed E-state index contributed by atoms with van der Waals surface area (Å²) < 4.78 is 5.09. The summed E-state index contributed by atoms with van der Waals surface area (Å²) in [6, 6.07) is 42.0. The first kappa shape index (κ1) is 29.3. The lowest BCUT2D eigenvalue weighted by atomic mass is 9.93. The number of aromatic nitrogens is 2. The quantitative estimate of drug-likeness (QED) is 0.174. The van der Waals surface area contributed by atoms with Crippen LogP contribution in [0.3, 0.4) is 0 Å². The molecule has 238 valence electrons. The summed E-state index contributed by atoms with van der Waals surface area (Å²) in [6.07, 6.45) is 16.4. The molecule has 2 heterocycles. The first-order chi connectivity index (χ1) is 24.3. The van der Waals surface area contributed by atoms with Crippen LogP contribution in [0.4, 0.5) is 0 Å². The van der Waals surface area contributed by atoms with Gasteiger partial charge in [0, 0.05) is 50.9 Å². The lowest BCUT2D eigenvalue weighted by molar-refractivity contribution is 0.623. The zero-order valence-electron chi connectivity index (χ0n) is 27.7. The van der Waals surface area contributed by atoms with E-state index < -0.39 is 0 Å². The van der Waals surface area contributed by atoms with E-state index in [0.29, 0.717) is 6.67 Å². The van der Waals surface area contributed by atoms with Crippen LogP contribution in [0.5, 0.6) is 0 Å². The molecule has 0 saturated carbocycles. The van der Waals surface area contributed by atoms with E-state index in [0.717, 1.165) is 30.5 Å². The van der Waals surface area contributed by atoms with Crippen LogP contribution in [-0.2, 0) is 6.67 Å².